The SMILES string of the molecule is COC(=O)CCNC(=O)C(C)C(C)N. The van der Waals surface area contributed by atoms with E-state index in [4.69, 9.17) is 5.73 Å². The largest absolute Gasteiger partial charge is 0.469 e. The molecule has 3 N–H and O–H groups in total. The van der Waals surface area contributed by atoms with Gasteiger partial charge in [-0.1, -0.05) is 6.92 Å². The van der Waals surface area contributed by atoms with Crippen LogP contribution in [0.5, 0.6) is 0 Å². The number of carbonyl (C=O) groups is 2. The third-order valence-electron chi connectivity index (χ3n) is 2.06. The number of esters is 1. The van der Waals surface area contributed by atoms with Crippen LogP contribution in [0.3, 0.4) is 0 Å². The molecule has 0 aliphatic heterocycles. The monoisotopic (exact) mass is 202 g/mol. The summed E-state index contributed by atoms with van der Waals surface area (Å²) in [6.07, 6.45) is 0.188. The molecule has 5 heteroatoms. The van der Waals surface area contributed by atoms with Crippen molar-refractivity contribution in [1.29, 1.82) is 0 Å². The van der Waals surface area contributed by atoms with Crippen LogP contribution in [-0.2, 0) is 14.3 Å². The molecule has 0 aliphatic carbocycles. The van der Waals surface area contributed by atoms with Gasteiger partial charge in [0.1, 0.15) is 0 Å². The molecule has 14 heavy (non-hydrogen) atoms. The Morgan fingerprint density at radius 3 is 2.43 bits per heavy atom. The first-order chi connectivity index (χ1) is 6.49. The van der Waals surface area contributed by atoms with E-state index in [2.05, 4.69) is 10.1 Å². The van der Waals surface area contributed by atoms with E-state index in [0.29, 0.717) is 6.54 Å². The van der Waals surface area contributed by atoms with E-state index in [9.17, 15) is 9.59 Å². The van der Waals surface area contributed by atoms with Crippen LogP contribution in [0.1, 0.15) is 20.3 Å². The molecular weight excluding hydrogens is 184 g/mol. The Bertz CT molecular complexity index is 204. The lowest BCUT2D eigenvalue weighted by molar-refractivity contribution is -0.140. The van der Waals surface area contributed by atoms with Crippen LogP contribution in [0.25, 0.3) is 0 Å². The van der Waals surface area contributed by atoms with Crippen molar-refractivity contribution in [2.24, 2.45) is 11.7 Å². The van der Waals surface area contributed by atoms with Gasteiger partial charge in [-0.15, -0.1) is 0 Å². The van der Waals surface area contributed by atoms with Crippen molar-refractivity contribution in [2.45, 2.75) is 26.3 Å². The number of carbonyl (C=O) groups excluding carboxylic acids is 2. The average Bonchev–Trinajstić information content (AvgIpc) is 2.15. The summed E-state index contributed by atoms with van der Waals surface area (Å²) in [5.74, 6) is -0.713. The molecule has 0 aromatic carbocycles. The van der Waals surface area contributed by atoms with Gasteiger partial charge in [-0.05, 0) is 6.92 Å². The van der Waals surface area contributed by atoms with Crippen molar-refractivity contribution in [3.63, 3.8) is 0 Å². The highest BCUT2D eigenvalue weighted by Crippen LogP contribution is 1.98. The van der Waals surface area contributed by atoms with Crippen molar-refractivity contribution >= 4 is 11.9 Å². The fraction of sp³-hybridized carbons (Fsp3) is 0.778. The van der Waals surface area contributed by atoms with Crippen molar-refractivity contribution < 1.29 is 14.3 Å². The van der Waals surface area contributed by atoms with Crippen molar-refractivity contribution in [1.82, 2.24) is 5.32 Å². The molecule has 0 aromatic rings. The van der Waals surface area contributed by atoms with Crippen molar-refractivity contribution in [3.05, 3.63) is 0 Å². The standard InChI is InChI=1S/C9H18N2O3/c1-6(7(2)10)9(13)11-5-4-8(12)14-3/h6-7H,4-5,10H2,1-3H3,(H,11,13). The summed E-state index contributed by atoms with van der Waals surface area (Å²) in [5, 5.41) is 2.61. The molecule has 0 rings (SSSR count). The van der Waals surface area contributed by atoms with Gasteiger partial charge in [0.25, 0.3) is 0 Å². The molecule has 2 unspecified atom stereocenters. The molecule has 5 nitrogen and oxygen atoms in total. The van der Waals surface area contributed by atoms with E-state index in [1.165, 1.54) is 7.11 Å². The van der Waals surface area contributed by atoms with E-state index in [-0.39, 0.29) is 30.3 Å². The van der Waals surface area contributed by atoms with Crippen LogP contribution >= 0.6 is 0 Å². The Morgan fingerprint density at radius 2 is 2.00 bits per heavy atom. The summed E-state index contributed by atoms with van der Waals surface area (Å²) in [5.41, 5.74) is 5.54. The van der Waals surface area contributed by atoms with Gasteiger partial charge in [0.05, 0.1) is 13.5 Å². The lowest BCUT2D eigenvalue weighted by Gasteiger charge is -2.14. The minimum Gasteiger partial charge on any atom is -0.469 e. The highest BCUT2D eigenvalue weighted by Gasteiger charge is 2.16. The first-order valence-corrected chi connectivity index (χ1v) is 4.59. The maximum Gasteiger partial charge on any atom is 0.307 e. The molecule has 0 bridgehead atoms. The lowest BCUT2D eigenvalue weighted by Crippen LogP contribution is -2.39. The molecule has 0 radical (unpaired) electrons. The smallest absolute Gasteiger partial charge is 0.307 e. The first-order valence-electron chi connectivity index (χ1n) is 4.59. The fourth-order valence-corrected chi connectivity index (χ4v) is 0.790. The third-order valence-corrected chi connectivity index (χ3v) is 2.06. The summed E-state index contributed by atoms with van der Waals surface area (Å²) in [7, 11) is 1.31. The zero-order chi connectivity index (χ0) is 11.1. The topological polar surface area (TPSA) is 81.4 Å². The molecule has 0 aromatic heterocycles. The van der Waals surface area contributed by atoms with E-state index < -0.39 is 0 Å². The average molecular weight is 202 g/mol. The maximum absolute atomic E-state index is 11.3. The second-order valence-corrected chi connectivity index (χ2v) is 3.26. The van der Waals surface area contributed by atoms with E-state index in [0.717, 1.165) is 0 Å². The second kappa shape index (κ2) is 6.37. The van der Waals surface area contributed by atoms with Gasteiger partial charge in [0.2, 0.25) is 5.91 Å². The van der Waals surface area contributed by atoms with Gasteiger partial charge in [0, 0.05) is 18.5 Å². The van der Waals surface area contributed by atoms with E-state index in [1.807, 2.05) is 0 Å². The second-order valence-electron chi connectivity index (χ2n) is 3.26. The van der Waals surface area contributed by atoms with Crippen LogP contribution < -0.4 is 11.1 Å². The Hall–Kier alpha value is -1.10. The molecule has 82 valence electrons. The summed E-state index contributed by atoms with van der Waals surface area (Å²) < 4.78 is 4.43. The number of methoxy groups -OCH3 is 1. The number of nitrogens with one attached hydrogen (secondary N) is 1. The van der Waals surface area contributed by atoms with Gasteiger partial charge in [0.15, 0.2) is 0 Å². The number of amides is 1. The molecule has 0 spiro atoms. The van der Waals surface area contributed by atoms with Gasteiger partial charge < -0.3 is 15.8 Å². The predicted octanol–water partition coefficient (Wildman–Crippen LogP) is -0.351. The molecule has 0 aliphatic rings. The molecular formula is C9H18N2O3. The highest BCUT2D eigenvalue weighted by molar-refractivity contribution is 5.79. The van der Waals surface area contributed by atoms with Crippen LogP contribution in [0.15, 0.2) is 0 Å². The summed E-state index contributed by atoms with van der Waals surface area (Å²) in [4.78, 5) is 22.0. The minimum atomic E-state index is -0.334. The maximum atomic E-state index is 11.3. The van der Waals surface area contributed by atoms with Gasteiger partial charge >= 0.3 is 5.97 Å². The number of hydrogen-bond donors (Lipinski definition) is 2. The zero-order valence-corrected chi connectivity index (χ0v) is 8.87. The third kappa shape index (κ3) is 4.81. The zero-order valence-electron chi connectivity index (χ0n) is 8.87. The summed E-state index contributed by atoms with van der Waals surface area (Å²) >= 11 is 0. The molecule has 0 fully saturated rings. The Balaban J connectivity index is 3.69. The lowest BCUT2D eigenvalue weighted by atomic mass is 10.0. The van der Waals surface area contributed by atoms with Crippen LogP contribution in [0.2, 0.25) is 0 Å². The predicted molar refractivity (Wildman–Crippen MR) is 52.5 cm³/mol. The summed E-state index contributed by atoms with van der Waals surface area (Å²) in [6.45, 7) is 3.81. The van der Waals surface area contributed by atoms with Gasteiger partial charge in [-0.2, -0.15) is 0 Å². The van der Waals surface area contributed by atoms with Crippen LogP contribution in [0.4, 0.5) is 0 Å². The molecule has 0 heterocycles. The Kier molecular flexibility index (Phi) is 5.87. The number of rotatable bonds is 5. The molecule has 2 atom stereocenters. The quantitative estimate of drug-likeness (QED) is 0.597. The molecule has 0 saturated carbocycles. The van der Waals surface area contributed by atoms with E-state index >= 15 is 0 Å². The first kappa shape index (κ1) is 12.9. The number of ether oxygens (including phenoxy) is 1. The van der Waals surface area contributed by atoms with Gasteiger partial charge in [-0.25, -0.2) is 0 Å². The summed E-state index contributed by atoms with van der Waals surface area (Å²) in [6, 6.07) is -0.187. The fourth-order valence-electron chi connectivity index (χ4n) is 0.790. The minimum absolute atomic E-state index is 0.135. The van der Waals surface area contributed by atoms with Crippen LogP contribution in [-0.4, -0.2) is 31.6 Å². The Labute approximate surface area is 84.0 Å². The number of hydrogen-bond acceptors (Lipinski definition) is 4. The van der Waals surface area contributed by atoms with Gasteiger partial charge in [-0.3, -0.25) is 9.59 Å². The van der Waals surface area contributed by atoms with Crippen molar-refractivity contribution in [2.75, 3.05) is 13.7 Å². The van der Waals surface area contributed by atoms with Crippen LogP contribution in [0, 0.1) is 5.92 Å². The van der Waals surface area contributed by atoms with E-state index in [1.54, 1.807) is 13.8 Å². The number of nitrogens with two attached hydrogens (primary N) is 1. The van der Waals surface area contributed by atoms with Crippen molar-refractivity contribution in [3.8, 4) is 0 Å². The highest BCUT2D eigenvalue weighted by atomic mass is 16.5. The molecule has 1 amide bonds. The Morgan fingerprint density at radius 1 is 1.43 bits per heavy atom. The molecule has 0 saturated heterocycles. The normalized spacial score (nSPS) is 14.3.